The fraction of sp³-hybridized carbons (Fsp3) is 0.111. The summed E-state index contributed by atoms with van der Waals surface area (Å²) in [6, 6.07) is 17.1. The Morgan fingerprint density at radius 1 is 1.12 bits per heavy atom. The molecule has 3 nitrogen and oxygen atoms in total. The van der Waals surface area contributed by atoms with E-state index in [0.717, 1.165) is 16.1 Å². The summed E-state index contributed by atoms with van der Waals surface area (Å²) in [5.74, 6) is -0.127. The Morgan fingerprint density at radius 3 is 2.48 bits per heavy atom. The van der Waals surface area contributed by atoms with Crippen molar-refractivity contribution in [1.82, 2.24) is 4.57 Å². The van der Waals surface area contributed by atoms with Gasteiger partial charge in [0.1, 0.15) is 5.25 Å². The number of aromatic nitrogens is 1. The van der Waals surface area contributed by atoms with Crippen molar-refractivity contribution >= 4 is 53.8 Å². The number of thiol groups is 1. The first-order valence-electron chi connectivity index (χ1n) is 7.52. The van der Waals surface area contributed by atoms with E-state index in [4.69, 9.17) is 28.6 Å². The summed E-state index contributed by atoms with van der Waals surface area (Å²) in [7, 11) is 0. The number of fused-ring (bicyclic) bond motifs is 1. The molecule has 2 heterocycles. The van der Waals surface area contributed by atoms with Gasteiger partial charge in [-0.2, -0.15) is 12.6 Å². The van der Waals surface area contributed by atoms with E-state index in [-0.39, 0.29) is 11.9 Å². The molecule has 0 aliphatic carbocycles. The molecule has 2 atom stereocenters. The number of carbonyl (C=O) groups is 1. The smallest absolute Gasteiger partial charge is 0.326 e. The van der Waals surface area contributed by atoms with Gasteiger partial charge in [0.25, 0.3) is 0 Å². The molecule has 0 radical (unpaired) electrons. The number of halogens is 1. The van der Waals surface area contributed by atoms with Gasteiger partial charge in [-0.25, -0.2) is 0 Å². The SMILES string of the molecule is O=C1Oc2c(sc(=S)n2-c2ccccc2)[C@H](c2ccc(Cl)cc2)[C@H]1S. The molecule has 7 heteroatoms. The summed E-state index contributed by atoms with van der Waals surface area (Å²) in [6.07, 6.45) is 0. The Bertz CT molecular complexity index is 995. The Balaban J connectivity index is 1.92. The minimum Gasteiger partial charge on any atom is -0.407 e. The third-order valence-electron chi connectivity index (χ3n) is 4.07. The minimum absolute atomic E-state index is 0.228. The molecule has 0 unspecified atom stereocenters. The van der Waals surface area contributed by atoms with Gasteiger partial charge < -0.3 is 4.74 Å². The van der Waals surface area contributed by atoms with E-state index in [0.29, 0.717) is 14.9 Å². The van der Waals surface area contributed by atoms with Crippen LogP contribution in [0.25, 0.3) is 5.69 Å². The molecule has 0 bridgehead atoms. The second-order valence-electron chi connectivity index (χ2n) is 5.60. The largest absolute Gasteiger partial charge is 0.407 e. The van der Waals surface area contributed by atoms with E-state index >= 15 is 0 Å². The number of hydrogen-bond donors (Lipinski definition) is 1. The Hall–Kier alpha value is -1.60. The van der Waals surface area contributed by atoms with Crippen molar-refractivity contribution in [1.29, 1.82) is 0 Å². The third kappa shape index (κ3) is 2.93. The number of hydrogen-bond acceptors (Lipinski definition) is 5. The van der Waals surface area contributed by atoms with Crippen molar-refractivity contribution in [3.63, 3.8) is 0 Å². The summed E-state index contributed by atoms with van der Waals surface area (Å²) in [6.45, 7) is 0. The first-order chi connectivity index (χ1) is 12.1. The van der Waals surface area contributed by atoms with Crippen LogP contribution in [0.5, 0.6) is 5.88 Å². The molecule has 0 saturated carbocycles. The van der Waals surface area contributed by atoms with Crippen molar-refractivity contribution in [2.75, 3.05) is 0 Å². The fourth-order valence-corrected chi connectivity index (χ4v) is 5.05. The number of benzene rings is 2. The third-order valence-corrected chi connectivity index (χ3v) is 6.27. The maximum Gasteiger partial charge on any atom is 0.326 e. The lowest BCUT2D eigenvalue weighted by Crippen LogP contribution is -2.33. The van der Waals surface area contributed by atoms with Crippen LogP contribution in [0, 0.1) is 3.95 Å². The number of ether oxygens (including phenoxy) is 1. The normalized spacial score (nSPS) is 19.4. The Kier molecular flexibility index (Phi) is 4.45. The molecular weight excluding hydrogens is 394 g/mol. The van der Waals surface area contributed by atoms with Crippen LogP contribution in [0.4, 0.5) is 0 Å². The molecule has 0 fully saturated rings. The van der Waals surface area contributed by atoms with Crippen LogP contribution in [-0.4, -0.2) is 15.8 Å². The van der Waals surface area contributed by atoms with E-state index < -0.39 is 5.25 Å². The second kappa shape index (κ2) is 6.61. The van der Waals surface area contributed by atoms with E-state index in [2.05, 4.69) is 12.6 Å². The van der Waals surface area contributed by atoms with Crippen molar-refractivity contribution in [2.24, 2.45) is 0 Å². The van der Waals surface area contributed by atoms with Gasteiger partial charge >= 0.3 is 5.97 Å². The van der Waals surface area contributed by atoms with E-state index in [1.54, 1.807) is 4.57 Å². The minimum atomic E-state index is -0.592. The molecule has 126 valence electrons. The summed E-state index contributed by atoms with van der Waals surface area (Å²) in [5.41, 5.74) is 1.82. The topological polar surface area (TPSA) is 31.2 Å². The molecular formula is C18H12ClNO2S3. The van der Waals surface area contributed by atoms with Crippen LogP contribution in [0.1, 0.15) is 16.4 Å². The first-order valence-corrected chi connectivity index (χ1v) is 9.64. The lowest BCUT2D eigenvalue weighted by atomic mass is 9.92. The lowest BCUT2D eigenvalue weighted by molar-refractivity contribution is -0.135. The van der Waals surface area contributed by atoms with Gasteiger partial charge in [-0.3, -0.25) is 9.36 Å². The zero-order valence-electron chi connectivity index (χ0n) is 12.8. The number of rotatable bonds is 2. The maximum absolute atomic E-state index is 12.4. The van der Waals surface area contributed by atoms with Crippen LogP contribution >= 0.6 is 47.8 Å². The van der Waals surface area contributed by atoms with Gasteiger partial charge in [0, 0.05) is 10.9 Å². The predicted molar refractivity (Wildman–Crippen MR) is 106 cm³/mol. The number of thiazole rings is 1. The maximum atomic E-state index is 12.4. The van der Waals surface area contributed by atoms with Crippen LogP contribution in [0.15, 0.2) is 54.6 Å². The first kappa shape index (κ1) is 16.8. The van der Waals surface area contributed by atoms with E-state index in [1.165, 1.54) is 11.3 Å². The standard InChI is InChI=1S/C18H12ClNO2S3/c19-11-8-6-10(7-9-11)13-14(23)17(21)22-16-15(13)25-18(24)20(16)12-4-2-1-3-5-12/h1-9,13-14,23H/t13-,14-/m1/s1. The summed E-state index contributed by atoms with van der Waals surface area (Å²) in [4.78, 5) is 13.3. The predicted octanol–water partition coefficient (Wildman–Crippen LogP) is 5.27. The molecule has 0 amide bonds. The van der Waals surface area contributed by atoms with Gasteiger partial charge in [-0.05, 0) is 42.0 Å². The molecule has 1 aliphatic rings. The van der Waals surface area contributed by atoms with Gasteiger partial charge in [-0.1, -0.05) is 41.9 Å². The molecule has 0 saturated heterocycles. The van der Waals surface area contributed by atoms with E-state index in [1.807, 2.05) is 54.6 Å². The van der Waals surface area contributed by atoms with Crippen molar-refractivity contribution < 1.29 is 9.53 Å². The van der Waals surface area contributed by atoms with Gasteiger partial charge in [0.15, 0.2) is 3.95 Å². The zero-order chi connectivity index (χ0) is 17.6. The molecule has 3 aromatic rings. The quantitative estimate of drug-likeness (QED) is 0.358. The lowest BCUT2D eigenvalue weighted by Gasteiger charge is -2.27. The summed E-state index contributed by atoms with van der Waals surface area (Å²) < 4.78 is 8.02. The monoisotopic (exact) mass is 405 g/mol. The molecule has 2 aromatic carbocycles. The van der Waals surface area contributed by atoms with Crippen molar-refractivity contribution in [3.05, 3.63) is 74.0 Å². The highest BCUT2D eigenvalue weighted by atomic mass is 35.5. The molecule has 1 aromatic heterocycles. The van der Waals surface area contributed by atoms with Gasteiger partial charge in [0.05, 0.1) is 10.6 Å². The van der Waals surface area contributed by atoms with Crippen molar-refractivity contribution in [3.8, 4) is 11.6 Å². The van der Waals surface area contributed by atoms with Crippen LogP contribution < -0.4 is 4.74 Å². The van der Waals surface area contributed by atoms with Crippen LogP contribution in [0.2, 0.25) is 5.02 Å². The van der Waals surface area contributed by atoms with Gasteiger partial charge in [-0.15, -0.1) is 11.3 Å². The highest BCUT2D eigenvalue weighted by Gasteiger charge is 2.40. The molecule has 1 aliphatic heterocycles. The van der Waals surface area contributed by atoms with Crippen LogP contribution in [0.3, 0.4) is 0 Å². The summed E-state index contributed by atoms with van der Waals surface area (Å²) in [5, 5.41) is 0.0542. The molecule has 4 rings (SSSR count). The molecule has 25 heavy (non-hydrogen) atoms. The Labute approximate surface area is 164 Å². The van der Waals surface area contributed by atoms with Crippen LogP contribution in [-0.2, 0) is 4.79 Å². The highest BCUT2D eigenvalue weighted by molar-refractivity contribution is 7.81. The Morgan fingerprint density at radius 2 is 1.80 bits per heavy atom. The zero-order valence-corrected chi connectivity index (χ0v) is 16.0. The van der Waals surface area contributed by atoms with Gasteiger partial charge in [0.2, 0.25) is 5.88 Å². The number of carbonyl (C=O) groups excluding carboxylic acids is 1. The number of para-hydroxylation sites is 1. The fourth-order valence-electron chi connectivity index (χ4n) is 2.91. The summed E-state index contributed by atoms with van der Waals surface area (Å²) >= 11 is 17.5. The molecule has 0 N–H and O–H groups in total. The second-order valence-corrected chi connectivity index (χ2v) is 8.27. The molecule has 0 spiro atoms. The number of nitrogens with zero attached hydrogens (tertiary/aromatic N) is 1. The van der Waals surface area contributed by atoms with E-state index in [9.17, 15) is 4.79 Å². The number of esters is 1. The highest BCUT2D eigenvalue weighted by Crippen LogP contribution is 2.46. The average molecular weight is 406 g/mol. The average Bonchev–Trinajstić information content (AvgIpc) is 2.93. The van der Waals surface area contributed by atoms with Crippen molar-refractivity contribution in [2.45, 2.75) is 11.2 Å².